The maximum Gasteiger partial charge on any atom is 0.261 e. The van der Waals surface area contributed by atoms with Gasteiger partial charge in [0.2, 0.25) is 0 Å². The van der Waals surface area contributed by atoms with E-state index in [-0.39, 0.29) is 5.56 Å². The average molecular weight is 292 g/mol. The Morgan fingerprint density at radius 2 is 2.16 bits per heavy atom. The lowest BCUT2D eigenvalue weighted by Gasteiger charge is -2.05. The van der Waals surface area contributed by atoms with E-state index in [0.29, 0.717) is 27.5 Å². The molecule has 19 heavy (non-hydrogen) atoms. The third-order valence-electron chi connectivity index (χ3n) is 2.80. The van der Waals surface area contributed by atoms with Gasteiger partial charge in [-0.3, -0.25) is 9.36 Å². The minimum absolute atomic E-state index is 0.0955. The van der Waals surface area contributed by atoms with Crippen molar-refractivity contribution in [1.29, 1.82) is 0 Å². The standard InChI is InChI=1S/C13H10ClN3OS/c14-12-4-2-9(19-12)6-17-7-16-11-3-1-8(15)5-10(11)13(17)18/h1-5,7H,6,15H2. The molecule has 4 nitrogen and oxygen atoms in total. The molecular weight excluding hydrogens is 282 g/mol. The van der Waals surface area contributed by atoms with Crippen molar-refractivity contribution < 1.29 is 0 Å². The number of hydrogen-bond donors (Lipinski definition) is 1. The number of anilines is 1. The molecule has 0 aliphatic carbocycles. The average Bonchev–Trinajstić information content (AvgIpc) is 2.79. The number of fused-ring (bicyclic) bond motifs is 1. The molecular formula is C13H10ClN3OS. The van der Waals surface area contributed by atoms with Gasteiger partial charge < -0.3 is 5.73 Å². The first-order valence-electron chi connectivity index (χ1n) is 5.62. The van der Waals surface area contributed by atoms with E-state index in [1.807, 2.05) is 12.1 Å². The van der Waals surface area contributed by atoms with Gasteiger partial charge in [0.25, 0.3) is 5.56 Å². The molecule has 0 amide bonds. The van der Waals surface area contributed by atoms with E-state index in [0.717, 1.165) is 4.88 Å². The van der Waals surface area contributed by atoms with Gasteiger partial charge in [0.05, 0.1) is 28.1 Å². The van der Waals surface area contributed by atoms with Gasteiger partial charge in [0, 0.05) is 10.6 Å². The number of hydrogen-bond acceptors (Lipinski definition) is 4. The van der Waals surface area contributed by atoms with Gasteiger partial charge in [0.1, 0.15) is 0 Å². The zero-order valence-corrected chi connectivity index (χ0v) is 11.4. The second kappa shape index (κ2) is 4.68. The summed E-state index contributed by atoms with van der Waals surface area (Å²) in [7, 11) is 0. The summed E-state index contributed by atoms with van der Waals surface area (Å²) in [5.74, 6) is 0. The number of nitrogens with two attached hydrogens (primary N) is 1. The number of halogens is 1. The largest absolute Gasteiger partial charge is 0.399 e. The molecule has 0 aliphatic rings. The Balaban J connectivity index is 2.09. The molecule has 0 saturated carbocycles. The van der Waals surface area contributed by atoms with Gasteiger partial charge in [-0.05, 0) is 30.3 Å². The Hall–Kier alpha value is -1.85. The molecule has 3 rings (SSSR count). The molecule has 3 aromatic rings. The number of nitrogens with zero attached hydrogens (tertiary/aromatic N) is 2. The van der Waals surface area contributed by atoms with Crippen molar-refractivity contribution in [1.82, 2.24) is 9.55 Å². The third-order valence-corrected chi connectivity index (χ3v) is 4.02. The van der Waals surface area contributed by atoms with Crippen LogP contribution in [-0.2, 0) is 6.54 Å². The molecule has 0 spiro atoms. The number of nitrogen functional groups attached to an aromatic ring is 1. The maximum atomic E-state index is 12.3. The maximum absolute atomic E-state index is 12.3. The second-order valence-corrected chi connectivity index (χ2v) is 5.96. The monoisotopic (exact) mass is 291 g/mol. The third kappa shape index (κ3) is 2.34. The Morgan fingerprint density at radius 3 is 2.89 bits per heavy atom. The SMILES string of the molecule is Nc1ccc2ncn(Cc3ccc(Cl)s3)c(=O)c2c1. The van der Waals surface area contributed by atoms with E-state index in [4.69, 9.17) is 17.3 Å². The van der Waals surface area contributed by atoms with Crippen molar-refractivity contribution >= 4 is 39.5 Å². The van der Waals surface area contributed by atoms with E-state index >= 15 is 0 Å². The summed E-state index contributed by atoms with van der Waals surface area (Å²) in [6.07, 6.45) is 1.55. The molecule has 2 N–H and O–H groups in total. The lowest BCUT2D eigenvalue weighted by atomic mass is 10.2. The van der Waals surface area contributed by atoms with Crippen LogP contribution in [0.2, 0.25) is 4.34 Å². The Labute approximate surface area is 118 Å². The Morgan fingerprint density at radius 1 is 1.32 bits per heavy atom. The molecule has 0 bridgehead atoms. The summed E-state index contributed by atoms with van der Waals surface area (Å²) in [6.45, 7) is 0.466. The first-order valence-corrected chi connectivity index (χ1v) is 6.82. The van der Waals surface area contributed by atoms with E-state index in [1.165, 1.54) is 11.3 Å². The van der Waals surface area contributed by atoms with E-state index < -0.39 is 0 Å². The molecule has 0 aliphatic heterocycles. The van der Waals surface area contributed by atoms with Crippen LogP contribution in [0.5, 0.6) is 0 Å². The molecule has 2 heterocycles. The molecule has 0 unspecified atom stereocenters. The fourth-order valence-corrected chi connectivity index (χ4v) is 2.98. The highest BCUT2D eigenvalue weighted by Crippen LogP contribution is 2.22. The van der Waals surface area contributed by atoms with Crippen LogP contribution in [0.4, 0.5) is 5.69 Å². The number of thiophene rings is 1. The number of benzene rings is 1. The van der Waals surface area contributed by atoms with E-state index in [2.05, 4.69) is 4.98 Å². The highest BCUT2D eigenvalue weighted by molar-refractivity contribution is 7.16. The summed E-state index contributed by atoms with van der Waals surface area (Å²) in [4.78, 5) is 17.6. The van der Waals surface area contributed by atoms with Crippen LogP contribution < -0.4 is 11.3 Å². The molecule has 0 fully saturated rings. The van der Waals surface area contributed by atoms with Crippen molar-refractivity contribution in [2.75, 3.05) is 5.73 Å². The predicted molar refractivity (Wildman–Crippen MR) is 78.8 cm³/mol. The van der Waals surface area contributed by atoms with Crippen molar-refractivity contribution in [2.45, 2.75) is 6.54 Å². The predicted octanol–water partition coefficient (Wildman–Crippen LogP) is 2.74. The van der Waals surface area contributed by atoms with Crippen molar-refractivity contribution in [3.63, 3.8) is 0 Å². The van der Waals surface area contributed by atoms with Gasteiger partial charge >= 0.3 is 0 Å². The topological polar surface area (TPSA) is 60.9 Å². The van der Waals surface area contributed by atoms with Crippen LogP contribution in [0.25, 0.3) is 10.9 Å². The van der Waals surface area contributed by atoms with Crippen LogP contribution in [0, 0.1) is 0 Å². The number of rotatable bonds is 2. The highest BCUT2D eigenvalue weighted by Gasteiger charge is 2.06. The van der Waals surface area contributed by atoms with Gasteiger partial charge in [0.15, 0.2) is 0 Å². The molecule has 6 heteroatoms. The van der Waals surface area contributed by atoms with Crippen LogP contribution in [0.1, 0.15) is 4.88 Å². The molecule has 0 atom stereocenters. The van der Waals surface area contributed by atoms with Crippen molar-refractivity contribution in [3.8, 4) is 0 Å². The van der Waals surface area contributed by atoms with E-state index in [9.17, 15) is 4.79 Å². The lowest BCUT2D eigenvalue weighted by molar-refractivity contribution is 0.758. The normalized spacial score (nSPS) is 11.0. The minimum atomic E-state index is -0.0955. The van der Waals surface area contributed by atoms with Gasteiger partial charge in [-0.25, -0.2) is 4.98 Å². The minimum Gasteiger partial charge on any atom is -0.399 e. The molecule has 0 saturated heterocycles. The summed E-state index contributed by atoms with van der Waals surface area (Å²) < 4.78 is 2.27. The Bertz CT molecular complexity index is 809. The smallest absolute Gasteiger partial charge is 0.261 e. The molecule has 2 aromatic heterocycles. The second-order valence-electron chi connectivity index (χ2n) is 4.16. The fourth-order valence-electron chi connectivity index (χ4n) is 1.89. The Kier molecular flexibility index (Phi) is 3.00. The first-order chi connectivity index (χ1) is 9.13. The van der Waals surface area contributed by atoms with Gasteiger partial charge in [-0.1, -0.05) is 11.6 Å². The van der Waals surface area contributed by atoms with Crippen molar-refractivity contribution in [2.24, 2.45) is 0 Å². The quantitative estimate of drug-likeness (QED) is 0.739. The van der Waals surface area contributed by atoms with Gasteiger partial charge in [-0.15, -0.1) is 11.3 Å². The van der Waals surface area contributed by atoms with E-state index in [1.54, 1.807) is 29.1 Å². The lowest BCUT2D eigenvalue weighted by Crippen LogP contribution is -2.20. The summed E-state index contributed by atoms with van der Waals surface area (Å²) in [6, 6.07) is 8.86. The first kappa shape index (κ1) is 12.2. The van der Waals surface area contributed by atoms with Crippen molar-refractivity contribution in [3.05, 3.63) is 56.2 Å². The summed E-state index contributed by atoms with van der Waals surface area (Å²) in [5, 5.41) is 0.533. The molecule has 0 radical (unpaired) electrons. The molecule has 1 aromatic carbocycles. The van der Waals surface area contributed by atoms with Crippen LogP contribution >= 0.6 is 22.9 Å². The summed E-state index contributed by atoms with van der Waals surface area (Å²) in [5.41, 5.74) is 6.82. The van der Waals surface area contributed by atoms with Crippen LogP contribution in [0.3, 0.4) is 0 Å². The summed E-state index contributed by atoms with van der Waals surface area (Å²) >= 11 is 7.33. The van der Waals surface area contributed by atoms with Crippen LogP contribution in [0.15, 0.2) is 41.5 Å². The molecule has 96 valence electrons. The zero-order valence-electron chi connectivity index (χ0n) is 9.84. The highest BCUT2D eigenvalue weighted by atomic mass is 35.5. The van der Waals surface area contributed by atoms with Gasteiger partial charge in [-0.2, -0.15) is 0 Å². The zero-order chi connectivity index (χ0) is 13.4. The number of aromatic nitrogens is 2. The van der Waals surface area contributed by atoms with Crippen LogP contribution in [-0.4, -0.2) is 9.55 Å². The fraction of sp³-hybridized carbons (Fsp3) is 0.0769.